The van der Waals surface area contributed by atoms with Gasteiger partial charge in [0.2, 0.25) is 0 Å². The molecule has 0 spiro atoms. The summed E-state index contributed by atoms with van der Waals surface area (Å²) in [5.41, 5.74) is -0.418. The zero-order chi connectivity index (χ0) is 12.7. The number of hydrogen-bond acceptors (Lipinski definition) is 1. The molecular weight excluding hydrogens is 229 g/mol. The summed E-state index contributed by atoms with van der Waals surface area (Å²) in [6.45, 7) is 0. The fourth-order valence-electron chi connectivity index (χ4n) is 1.86. The molecule has 0 saturated heterocycles. The van der Waals surface area contributed by atoms with Crippen LogP contribution in [0.2, 0.25) is 0 Å². The molecule has 0 amide bonds. The van der Waals surface area contributed by atoms with Gasteiger partial charge < -0.3 is 4.74 Å². The van der Waals surface area contributed by atoms with Crippen LogP contribution in [0.5, 0.6) is 5.75 Å². The van der Waals surface area contributed by atoms with Crippen LogP contribution in [0.1, 0.15) is 24.0 Å². The molecule has 0 aromatic heterocycles. The topological polar surface area (TPSA) is 9.23 Å². The highest BCUT2D eigenvalue weighted by molar-refractivity contribution is 5.48. The maximum atomic E-state index is 12.6. The van der Waals surface area contributed by atoms with Gasteiger partial charge in [0, 0.05) is 0 Å². The molecule has 0 radical (unpaired) electrons. The van der Waals surface area contributed by atoms with Gasteiger partial charge in [-0.05, 0) is 30.5 Å². The molecule has 1 aromatic rings. The molecule has 1 nitrogen and oxygen atoms in total. The minimum absolute atomic E-state index is 0.170. The zero-order valence-corrected chi connectivity index (χ0v) is 9.27. The van der Waals surface area contributed by atoms with Gasteiger partial charge in [-0.25, -0.2) is 0 Å². The monoisotopic (exact) mass is 240 g/mol. The minimum Gasteiger partial charge on any atom is -0.496 e. The molecule has 1 fully saturated rings. The second-order valence-corrected chi connectivity index (χ2v) is 4.14. The van der Waals surface area contributed by atoms with E-state index in [2.05, 4.69) is 5.92 Å². The van der Waals surface area contributed by atoms with Crippen molar-refractivity contribution in [3.05, 3.63) is 29.3 Å². The molecule has 17 heavy (non-hydrogen) atoms. The maximum absolute atomic E-state index is 12.6. The predicted molar refractivity (Wildman–Crippen MR) is 57.7 cm³/mol. The van der Waals surface area contributed by atoms with Gasteiger partial charge in [0.05, 0.1) is 18.1 Å². The largest absolute Gasteiger partial charge is 0.496 e. The van der Waals surface area contributed by atoms with Gasteiger partial charge in [-0.15, -0.1) is 6.42 Å². The Morgan fingerprint density at radius 2 is 2.00 bits per heavy atom. The summed E-state index contributed by atoms with van der Waals surface area (Å²) in [6, 6.07) is 3.87. The van der Waals surface area contributed by atoms with Gasteiger partial charge >= 0.3 is 6.18 Å². The Morgan fingerprint density at radius 3 is 2.41 bits per heavy atom. The van der Waals surface area contributed by atoms with Gasteiger partial charge in [-0.3, -0.25) is 0 Å². The van der Waals surface area contributed by atoms with Crippen LogP contribution in [0.4, 0.5) is 13.2 Å². The van der Waals surface area contributed by atoms with E-state index >= 15 is 0 Å². The van der Waals surface area contributed by atoms with Crippen LogP contribution < -0.4 is 4.74 Å². The second kappa shape index (κ2) is 3.69. The molecular formula is C13H11F3O. The number of rotatable bonds is 2. The molecule has 0 unspecified atom stereocenters. The average Bonchev–Trinajstić information content (AvgIpc) is 3.08. The molecule has 1 aliphatic carbocycles. The van der Waals surface area contributed by atoms with Crippen molar-refractivity contribution in [2.24, 2.45) is 0 Å². The third-order valence-electron chi connectivity index (χ3n) is 3.09. The fourth-order valence-corrected chi connectivity index (χ4v) is 1.86. The SMILES string of the molecule is C#CC1(c2ccc(C(F)(F)F)c(OC)c2)CC1. The quantitative estimate of drug-likeness (QED) is 0.720. The summed E-state index contributed by atoms with van der Waals surface area (Å²) in [7, 11) is 1.23. The summed E-state index contributed by atoms with van der Waals surface area (Å²) < 4.78 is 42.7. The lowest BCUT2D eigenvalue weighted by Crippen LogP contribution is -2.10. The Morgan fingerprint density at radius 1 is 1.35 bits per heavy atom. The van der Waals surface area contributed by atoms with Crippen LogP contribution in [0.25, 0.3) is 0 Å². The second-order valence-electron chi connectivity index (χ2n) is 4.14. The number of benzene rings is 1. The molecule has 0 heterocycles. The van der Waals surface area contributed by atoms with Crippen LogP contribution in [-0.2, 0) is 11.6 Å². The number of terminal acetylenes is 1. The van der Waals surface area contributed by atoms with E-state index in [0.29, 0.717) is 0 Å². The van der Waals surface area contributed by atoms with E-state index in [-0.39, 0.29) is 11.2 Å². The van der Waals surface area contributed by atoms with E-state index in [0.717, 1.165) is 24.5 Å². The first kappa shape index (κ1) is 11.8. The Hall–Kier alpha value is -1.63. The van der Waals surface area contributed by atoms with Crippen LogP contribution in [0.15, 0.2) is 18.2 Å². The summed E-state index contributed by atoms with van der Waals surface area (Å²) in [5, 5.41) is 0. The summed E-state index contributed by atoms with van der Waals surface area (Å²) in [5.74, 6) is 2.47. The summed E-state index contributed by atoms with van der Waals surface area (Å²) in [6.07, 6.45) is 2.63. The van der Waals surface area contributed by atoms with Gasteiger partial charge in [0.15, 0.2) is 0 Å². The lowest BCUT2D eigenvalue weighted by molar-refractivity contribution is -0.138. The van der Waals surface area contributed by atoms with Crippen molar-refractivity contribution in [2.75, 3.05) is 7.11 Å². The van der Waals surface area contributed by atoms with Crippen molar-refractivity contribution in [3.63, 3.8) is 0 Å². The molecule has 1 aromatic carbocycles. The van der Waals surface area contributed by atoms with Gasteiger partial charge in [-0.1, -0.05) is 12.0 Å². The highest BCUT2D eigenvalue weighted by Crippen LogP contribution is 2.49. The number of halogens is 3. The van der Waals surface area contributed by atoms with E-state index in [1.807, 2.05) is 0 Å². The van der Waals surface area contributed by atoms with E-state index in [1.165, 1.54) is 19.2 Å². The van der Waals surface area contributed by atoms with Gasteiger partial charge in [0.1, 0.15) is 5.75 Å². The number of ether oxygens (including phenoxy) is 1. The fraction of sp³-hybridized carbons (Fsp3) is 0.385. The van der Waals surface area contributed by atoms with Crippen LogP contribution in [-0.4, -0.2) is 7.11 Å². The van der Waals surface area contributed by atoms with Crippen LogP contribution >= 0.6 is 0 Å². The highest BCUT2D eigenvalue weighted by atomic mass is 19.4. The normalized spacial score (nSPS) is 17.4. The first-order chi connectivity index (χ1) is 7.93. The van der Waals surface area contributed by atoms with Crippen molar-refractivity contribution >= 4 is 0 Å². The van der Waals surface area contributed by atoms with Crippen molar-refractivity contribution in [1.82, 2.24) is 0 Å². The molecule has 0 aliphatic heterocycles. The first-order valence-corrected chi connectivity index (χ1v) is 5.16. The third kappa shape index (κ3) is 1.97. The zero-order valence-electron chi connectivity index (χ0n) is 9.27. The van der Waals surface area contributed by atoms with E-state index in [9.17, 15) is 13.2 Å². The third-order valence-corrected chi connectivity index (χ3v) is 3.09. The van der Waals surface area contributed by atoms with Crippen LogP contribution in [0, 0.1) is 12.3 Å². The molecule has 90 valence electrons. The molecule has 1 aliphatic rings. The highest BCUT2D eigenvalue weighted by Gasteiger charge is 2.44. The molecule has 0 bridgehead atoms. The summed E-state index contributed by atoms with van der Waals surface area (Å²) in [4.78, 5) is 0. The predicted octanol–water partition coefficient (Wildman–Crippen LogP) is 3.38. The van der Waals surface area contributed by atoms with E-state index in [1.54, 1.807) is 0 Å². The Bertz CT molecular complexity index is 478. The number of alkyl halides is 3. The minimum atomic E-state index is -4.41. The van der Waals surface area contributed by atoms with Crippen molar-refractivity contribution in [3.8, 4) is 18.1 Å². The van der Waals surface area contributed by atoms with Crippen molar-refractivity contribution in [2.45, 2.75) is 24.4 Å². The number of hydrogen-bond donors (Lipinski definition) is 0. The molecule has 0 N–H and O–H groups in total. The van der Waals surface area contributed by atoms with Crippen LogP contribution in [0.3, 0.4) is 0 Å². The molecule has 1 saturated carbocycles. The smallest absolute Gasteiger partial charge is 0.419 e. The van der Waals surface area contributed by atoms with Crippen molar-refractivity contribution in [1.29, 1.82) is 0 Å². The Kier molecular flexibility index (Phi) is 2.57. The maximum Gasteiger partial charge on any atom is 0.419 e. The van der Waals surface area contributed by atoms with Gasteiger partial charge in [-0.2, -0.15) is 13.2 Å². The standard InChI is InChI=1S/C13H11F3O/c1-3-12(6-7-12)9-4-5-10(13(14,15)16)11(8-9)17-2/h1,4-5,8H,6-7H2,2H3. The molecule has 4 heteroatoms. The lowest BCUT2D eigenvalue weighted by atomic mass is 9.95. The Labute approximate surface area is 97.6 Å². The average molecular weight is 240 g/mol. The number of methoxy groups -OCH3 is 1. The molecule has 2 rings (SSSR count). The van der Waals surface area contributed by atoms with Gasteiger partial charge in [0.25, 0.3) is 0 Å². The first-order valence-electron chi connectivity index (χ1n) is 5.16. The Balaban J connectivity index is 2.46. The van der Waals surface area contributed by atoms with Crippen molar-refractivity contribution < 1.29 is 17.9 Å². The van der Waals surface area contributed by atoms with E-state index < -0.39 is 11.7 Å². The van der Waals surface area contributed by atoms with E-state index in [4.69, 9.17) is 11.2 Å². The lowest BCUT2D eigenvalue weighted by Gasteiger charge is -2.15. The molecule has 0 atom stereocenters. The summed E-state index contributed by atoms with van der Waals surface area (Å²) >= 11 is 0.